The van der Waals surface area contributed by atoms with Gasteiger partial charge >= 0.3 is 0 Å². The second-order valence-corrected chi connectivity index (χ2v) is 13.3. The first kappa shape index (κ1) is 35.3. The van der Waals surface area contributed by atoms with Crippen molar-refractivity contribution < 1.29 is 59.5 Å². The zero-order valence-corrected chi connectivity index (χ0v) is 25.0. The van der Waals surface area contributed by atoms with Gasteiger partial charge in [-0.15, -0.1) is 0 Å². The molecule has 0 radical (unpaired) electrons. The van der Waals surface area contributed by atoms with Gasteiger partial charge in [0.05, 0.1) is 24.8 Å². The van der Waals surface area contributed by atoms with Crippen molar-refractivity contribution >= 4 is 5.78 Å². The SMILES string of the molecule is NC[C@H]1O[C@H](OC2[C@@H](N)C[C@@H](CC(=O)C3(O)CC(N)C3)[C@H](O[C@H]3O[C@H](CO)[C@@H](O)[C@H](N)[C@H]3O)[C@H]2O)[C@H](NC2CNC2)[C@@H](O)[C@@H]1O. The Morgan fingerprint density at radius 3 is 2.11 bits per heavy atom. The molecule has 5 rings (SSSR count). The number of Topliss-reactive ketones (excluding diaryl/α,β-unsaturated/α-hetero) is 1. The van der Waals surface area contributed by atoms with Crippen LogP contribution < -0.4 is 33.6 Å². The summed E-state index contributed by atoms with van der Waals surface area (Å²) < 4.78 is 23.9. The monoisotopic (exact) mass is 650 g/mol. The molecule has 2 aliphatic carbocycles. The van der Waals surface area contributed by atoms with E-state index < -0.39 is 110 Å². The van der Waals surface area contributed by atoms with Crippen LogP contribution in [-0.2, 0) is 23.7 Å². The summed E-state index contributed by atoms with van der Waals surface area (Å²) in [5, 5.41) is 81.1. The van der Waals surface area contributed by atoms with Crippen LogP contribution in [0.4, 0.5) is 0 Å². The maximum Gasteiger partial charge on any atom is 0.186 e. The van der Waals surface area contributed by atoms with Gasteiger partial charge in [-0.1, -0.05) is 0 Å². The minimum Gasteiger partial charge on any atom is -0.394 e. The van der Waals surface area contributed by atoms with E-state index in [0.717, 1.165) is 0 Å². The predicted octanol–water partition coefficient (Wildman–Crippen LogP) is -7.62. The number of nitrogens with two attached hydrogens (primary N) is 4. The first-order valence-corrected chi connectivity index (χ1v) is 15.6. The molecule has 15 atom stereocenters. The fourth-order valence-corrected chi connectivity index (χ4v) is 7.01. The molecule has 260 valence electrons. The third-order valence-electron chi connectivity index (χ3n) is 9.96. The first-order valence-electron chi connectivity index (χ1n) is 15.6. The number of carbonyl (C=O) groups excluding carboxylic acids is 1. The number of hydrogen-bond donors (Lipinski definition) is 13. The zero-order chi connectivity index (χ0) is 32.8. The van der Waals surface area contributed by atoms with Crippen molar-refractivity contribution in [2.45, 2.75) is 129 Å². The van der Waals surface area contributed by atoms with Gasteiger partial charge in [0.1, 0.15) is 54.4 Å². The van der Waals surface area contributed by atoms with Gasteiger partial charge < -0.3 is 88.3 Å². The van der Waals surface area contributed by atoms with Crippen LogP contribution in [0.3, 0.4) is 0 Å². The van der Waals surface area contributed by atoms with Crippen molar-refractivity contribution in [3.05, 3.63) is 0 Å². The third-order valence-corrected chi connectivity index (χ3v) is 9.96. The van der Waals surface area contributed by atoms with Crippen molar-refractivity contribution in [2.75, 3.05) is 26.2 Å². The van der Waals surface area contributed by atoms with Crippen LogP contribution in [0.25, 0.3) is 0 Å². The largest absolute Gasteiger partial charge is 0.394 e. The lowest BCUT2D eigenvalue weighted by atomic mass is 9.69. The van der Waals surface area contributed by atoms with Crippen LogP contribution in [-0.4, -0.2) is 171 Å². The fourth-order valence-electron chi connectivity index (χ4n) is 7.01. The molecule has 0 aromatic carbocycles. The van der Waals surface area contributed by atoms with E-state index in [1.54, 1.807) is 0 Å². The van der Waals surface area contributed by atoms with Crippen LogP contribution in [0, 0.1) is 5.92 Å². The zero-order valence-electron chi connectivity index (χ0n) is 25.0. The maximum absolute atomic E-state index is 13.2. The van der Waals surface area contributed by atoms with Gasteiger partial charge in [0, 0.05) is 44.2 Å². The molecule has 17 N–H and O–H groups in total. The van der Waals surface area contributed by atoms with E-state index in [1.807, 2.05) is 0 Å². The van der Waals surface area contributed by atoms with Gasteiger partial charge in [-0.05, 0) is 25.2 Å². The van der Waals surface area contributed by atoms with Crippen molar-refractivity contribution in [2.24, 2.45) is 28.9 Å². The van der Waals surface area contributed by atoms with E-state index >= 15 is 0 Å². The Morgan fingerprint density at radius 1 is 0.889 bits per heavy atom. The quantitative estimate of drug-likeness (QED) is 0.0987. The Hall–Kier alpha value is -1.01. The normalized spacial score (nSPS) is 50.9. The number of hydrogen-bond acceptors (Lipinski definition) is 18. The van der Waals surface area contributed by atoms with E-state index in [2.05, 4.69) is 10.6 Å². The van der Waals surface area contributed by atoms with E-state index in [1.165, 1.54) is 0 Å². The van der Waals surface area contributed by atoms with Gasteiger partial charge in [0.15, 0.2) is 18.4 Å². The molecule has 18 nitrogen and oxygen atoms in total. The number of nitrogens with one attached hydrogen (secondary N) is 2. The second kappa shape index (κ2) is 14.2. The highest BCUT2D eigenvalue weighted by molar-refractivity contribution is 5.88. The smallest absolute Gasteiger partial charge is 0.186 e. The summed E-state index contributed by atoms with van der Waals surface area (Å²) in [6.45, 7) is 0.444. The summed E-state index contributed by atoms with van der Waals surface area (Å²) in [6, 6.07) is -3.48. The Bertz CT molecular complexity index is 1010. The standard InChI is InChI=1S/C27H50N6O12/c28-5-13-19(37)21(39)17(33-11-6-32-7-11)25(42-13)45-24-12(30)1-9(2-15(35)27(41)3-10(29)4-27)23(22(24)40)44-26-20(38)16(31)18(36)14(8-34)43-26/h9-14,16-26,32-34,36-41H,1-8,28-31H2/t9-,10?,12-,13+,14+,16-,17+,18+,19+,20+,21+,22+,23-,24?,25+,26+,27?/m0/s1. The lowest BCUT2D eigenvalue weighted by molar-refractivity contribution is -0.325. The summed E-state index contributed by atoms with van der Waals surface area (Å²) in [5.74, 6) is -1.31. The highest BCUT2D eigenvalue weighted by Crippen LogP contribution is 2.39. The van der Waals surface area contributed by atoms with Crippen LogP contribution >= 0.6 is 0 Å². The van der Waals surface area contributed by atoms with Crippen molar-refractivity contribution in [3.8, 4) is 0 Å². The highest BCUT2D eigenvalue weighted by Gasteiger charge is 2.54. The summed E-state index contributed by atoms with van der Waals surface area (Å²) in [5.41, 5.74) is 22.5. The van der Waals surface area contributed by atoms with Gasteiger partial charge in [0.25, 0.3) is 0 Å². The molecule has 0 aromatic heterocycles. The number of rotatable bonds is 11. The van der Waals surface area contributed by atoms with Crippen molar-refractivity contribution in [3.63, 3.8) is 0 Å². The molecule has 3 heterocycles. The lowest BCUT2D eigenvalue weighted by Crippen LogP contribution is -2.71. The Kier molecular flexibility index (Phi) is 11.2. The summed E-state index contributed by atoms with van der Waals surface area (Å²) >= 11 is 0. The third kappa shape index (κ3) is 7.08. The Balaban J connectivity index is 1.38. The molecular formula is C27H50N6O12. The molecule has 0 bridgehead atoms. The summed E-state index contributed by atoms with van der Waals surface area (Å²) in [4.78, 5) is 13.2. The predicted molar refractivity (Wildman–Crippen MR) is 153 cm³/mol. The van der Waals surface area contributed by atoms with Gasteiger partial charge in [0.2, 0.25) is 0 Å². The summed E-state index contributed by atoms with van der Waals surface area (Å²) in [6.07, 6.45) is -14.7. The van der Waals surface area contributed by atoms with Gasteiger partial charge in [-0.2, -0.15) is 0 Å². The highest BCUT2D eigenvalue weighted by atomic mass is 16.7. The number of carbonyl (C=O) groups is 1. The van der Waals surface area contributed by atoms with E-state index in [4.69, 9.17) is 41.9 Å². The average molecular weight is 651 g/mol. The molecule has 0 aromatic rings. The van der Waals surface area contributed by atoms with Crippen LogP contribution in [0.5, 0.6) is 0 Å². The lowest BCUT2D eigenvalue weighted by Gasteiger charge is -2.50. The van der Waals surface area contributed by atoms with Gasteiger partial charge in [-0.3, -0.25) is 4.79 Å². The van der Waals surface area contributed by atoms with Gasteiger partial charge in [-0.25, -0.2) is 0 Å². The fraction of sp³-hybridized carbons (Fsp3) is 0.963. The second-order valence-electron chi connectivity index (χ2n) is 13.3. The van der Waals surface area contributed by atoms with E-state index in [9.17, 15) is 40.5 Å². The first-order chi connectivity index (χ1) is 21.3. The molecule has 3 aliphatic heterocycles. The number of ketones is 1. The topological polar surface area (TPSA) is 324 Å². The molecule has 3 saturated heterocycles. The minimum atomic E-state index is -1.62. The molecule has 0 amide bonds. The van der Waals surface area contributed by atoms with Crippen LogP contribution in [0.15, 0.2) is 0 Å². The van der Waals surface area contributed by atoms with Crippen LogP contribution in [0.2, 0.25) is 0 Å². The molecule has 1 unspecified atom stereocenters. The number of aliphatic hydroxyl groups is 7. The molecule has 0 spiro atoms. The molecule has 2 saturated carbocycles. The van der Waals surface area contributed by atoms with Crippen LogP contribution in [0.1, 0.15) is 25.7 Å². The minimum absolute atomic E-state index is 0.0457. The molecule has 18 heteroatoms. The van der Waals surface area contributed by atoms with Crippen molar-refractivity contribution in [1.82, 2.24) is 10.6 Å². The van der Waals surface area contributed by atoms with E-state index in [0.29, 0.717) is 13.1 Å². The summed E-state index contributed by atoms with van der Waals surface area (Å²) in [7, 11) is 0. The van der Waals surface area contributed by atoms with E-state index in [-0.39, 0.29) is 44.3 Å². The van der Waals surface area contributed by atoms with Crippen molar-refractivity contribution in [1.29, 1.82) is 0 Å². The Morgan fingerprint density at radius 2 is 1.53 bits per heavy atom. The average Bonchev–Trinajstić information content (AvgIpc) is 2.96. The molecule has 5 aliphatic rings. The molecular weight excluding hydrogens is 600 g/mol. The molecule has 5 fully saturated rings. The maximum atomic E-state index is 13.2. The number of ether oxygens (including phenoxy) is 4. The molecule has 45 heavy (non-hydrogen) atoms. The number of aliphatic hydroxyl groups excluding tert-OH is 6. The Labute approximate surface area is 260 Å².